The zero-order valence-electron chi connectivity index (χ0n) is 18.1. The molecule has 0 radical (unpaired) electrons. The van der Waals surface area contributed by atoms with Gasteiger partial charge in [0.25, 0.3) is 5.91 Å². The number of nitrogens with one attached hydrogen (secondary N) is 1. The van der Waals surface area contributed by atoms with Gasteiger partial charge in [-0.15, -0.1) is 0 Å². The lowest BCUT2D eigenvalue weighted by Gasteiger charge is -2.34. The van der Waals surface area contributed by atoms with Crippen LogP contribution in [-0.4, -0.2) is 73.8 Å². The summed E-state index contributed by atoms with van der Waals surface area (Å²) in [5.74, 6) is 0.694. The molecule has 1 aromatic rings. The number of amides is 2. The van der Waals surface area contributed by atoms with Crippen LogP contribution in [0.25, 0.3) is 0 Å². The van der Waals surface area contributed by atoms with Crippen molar-refractivity contribution >= 4 is 21.7 Å². The number of nitrogens with zero attached hydrogens (tertiary/aromatic N) is 2. The van der Waals surface area contributed by atoms with Gasteiger partial charge in [-0.25, -0.2) is 8.42 Å². The maximum atomic E-state index is 12.6. The molecule has 0 aromatic heterocycles. The SMILES string of the molecule is O=C(NCc1ccc(C(=O)N2CCCCC2)cc1)C1CCN([C@H]2CCS(=O)(=O)C2)CC1. The van der Waals surface area contributed by atoms with Crippen molar-refractivity contribution in [2.24, 2.45) is 5.92 Å². The van der Waals surface area contributed by atoms with Gasteiger partial charge in [0.1, 0.15) is 0 Å². The Morgan fingerprint density at radius 3 is 2.23 bits per heavy atom. The fourth-order valence-corrected chi connectivity index (χ4v) is 6.73. The molecule has 0 aliphatic carbocycles. The van der Waals surface area contributed by atoms with E-state index in [1.165, 1.54) is 6.42 Å². The summed E-state index contributed by atoms with van der Waals surface area (Å²) in [4.78, 5) is 29.3. The molecule has 0 saturated carbocycles. The molecule has 31 heavy (non-hydrogen) atoms. The summed E-state index contributed by atoms with van der Waals surface area (Å²) < 4.78 is 23.4. The van der Waals surface area contributed by atoms with Gasteiger partial charge >= 0.3 is 0 Å². The van der Waals surface area contributed by atoms with Crippen molar-refractivity contribution in [1.82, 2.24) is 15.1 Å². The maximum Gasteiger partial charge on any atom is 0.253 e. The van der Waals surface area contributed by atoms with Crippen LogP contribution in [0.1, 0.15) is 54.4 Å². The van der Waals surface area contributed by atoms with E-state index >= 15 is 0 Å². The molecule has 170 valence electrons. The van der Waals surface area contributed by atoms with Crippen LogP contribution < -0.4 is 5.32 Å². The van der Waals surface area contributed by atoms with Crippen molar-refractivity contribution in [1.29, 1.82) is 0 Å². The maximum absolute atomic E-state index is 12.6. The summed E-state index contributed by atoms with van der Waals surface area (Å²) in [6.45, 7) is 3.70. The summed E-state index contributed by atoms with van der Waals surface area (Å²) in [7, 11) is -2.87. The Bertz CT molecular complexity index is 886. The highest BCUT2D eigenvalue weighted by Gasteiger charge is 2.35. The van der Waals surface area contributed by atoms with Gasteiger partial charge in [0, 0.05) is 37.2 Å². The first kappa shape index (κ1) is 22.3. The van der Waals surface area contributed by atoms with Crippen LogP contribution in [0.2, 0.25) is 0 Å². The molecule has 1 atom stereocenters. The van der Waals surface area contributed by atoms with Crippen molar-refractivity contribution in [2.75, 3.05) is 37.7 Å². The Labute approximate surface area is 185 Å². The summed E-state index contributed by atoms with van der Waals surface area (Å²) in [5.41, 5.74) is 1.69. The van der Waals surface area contributed by atoms with Gasteiger partial charge < -0.3 is 10.2 Å². The lowest BCUT2D eigenvalue weighted by molar-refractivity contribution is -0.126. The molecule has 3 aliphatic rings. The lowest BCUT2D eigenvalue weighted by atomic mass is 9.94. The van der Waals surface area contributed by atoms with Gasteiger partial charge in [0.05, 0.1) is 11.5 Å². The Kier molecular flexibility index (Phi) is 6.96. The van der Waals surface area contributed by atoms with Gasteiger partial charge in [-0.1, -0.05) is 12.1 Å². The van der Waals surface area contributed by atoms with E-state index in [1.807, 2.05) is 29.2 Å². The van der Waals surface area contributed by atoms with Crippen molar-refractivity contribution in [3.63, 3.8) is 0 Å². The first-order chi connectivity index (χ1) is 14.9. The highest BCUT2D eigenvalue weighted by molar-refractivity contribution is 7.91. The van der Waals surface area contributed by atoms with E-state index in [2.05, 4.69) is 10.2 Å². The molecular weight excluding hydrogens is 414 g/mol. The topological polar surface area (TPSA) is 86.8 Å². The molecule has 0 bridgehead atoms. The monoisotopic (exact) mass is 447 g/mol. The van der Waals surface area contributed by atoms with E-state index in [0.717, 1.165) is 63.8 Å². The molecule has 3 aliphatic heterocycles. The summed E-state index contributed by atoms with van der Waals surface area (Å²) in [6, 6.07) is 7.67. The fourth-order valence-electron chi connectivity index (χ4n) is 4.97. The Morgan fingerprint density at radius 2 is 1.61 bits per heavy atom. The van der Waals surface area contributed by atoms with Crippen LogP contribution in [0.15, 0.2) is 24.3 Å². The molecule has 7 nitrogen and oxygen atoms in total. The second-order valence-electron chi connectivity index (χ2n) is 9.13. The fraction of sp³-hybridized carbons (Fsp3) is 0.652. The number of hydrogen-bond donors (Lipinski definition) is 1. The van der Waals surface area contributed by atoms with E-state index in [0.29, 0.717) is 17.9 Å². The first-order valence-electron chi connectivity index (χ1n) is 11.5. The summed E-state index contributed by atoms with van der Waals surface area (Å²) in [6.07, 6.45) is 5.61. The average Bonchev–Trinajstić information content (AvgIpc) is 3.17. The number of benzene rings is 1. The van der Waals surface area contributed by atoms with E-state index in [-0.39, 0.29) is 29.5 Å². The molecule has 3 saturated heterocycles. The summed E-state index contributed by atoms with van der Waals surface area (Å²) >= 11 is 0. The van der Waals surface area contributed by atoms with Gasteiger partial charge in [-0.3, -0.25) is 14.5 Å². The number of carbonyl (C=O) groups is 2. The number of carbonyl (C=O) groups excluding carboxylic acids is 2. The van der Waals surface area contributed by atoms with Crippen molar-refractivity contribution in [2.45, 2.75) is 51.1 Å². The second-order valence-corrected chi connectivity index (χ2v) is 11.4. The number of hydrogen-bond acceptors (Lipinski definition) is 5. The predicted octanol–water partition coefficient (Wildman–Crippen LogP) is 1.83. The van der Waals surface area contributed by atoms with Gasteiger partial charge in [0.15, 0.2) is 9.84 Å². The lowest BCUT2D eigenvalue weighted by Crippen LogP contribution is -2.45. The number of likely N-dealkylation sites (tertiary alicyclic amines) is 2. The first-order valence-corrected chi connectivity index (χ1v) is 13.3. The highest BCUT2D eigenvalue weighted by atomic mass is 32.2. The third-order valence-electron chi connectivity index (χ3n) is 6.94. The van der Waals surface area contributed by atoms with Crippen LogP contribution >= 0.6 is 0 Å². The number of sulfone groups is 1. The van der Waals surface area contributed by atoms with E-state index in [4.69, 9.17) is 0 Å². The highest BCUT2D eigenvalue weighted by Crippen LogP contribution is 2.24. The van der Waals surface area contributed by atoms with E-state index < -0.39 is 9.84 Å². The molecule has 4 rings (SSSR count). The number of rotatable bonds is 5. The van der Waals surface area contributed by atoms with Crippen LogP contribution in [0.5, 0.6) is 0 Å². The normalized spacial score (nSPS) is 24.8. The second kappa shape index (κ2) is 9.69. The Hall–Kier alpha value is -1.93. The molecule has 0 unspecified atom stereocenters. The molecule has 1 aromatic carbocycles. The van der Waals surface area contributed by atoms with Gasteiger partial charge in [0.2, 0.25) is 5.91 Å². The van der Waals surface area contributed by atoms with Crippen LogP contribution in [0.3, 0.4) is 0 Å². The zero-order chi connectivity index (χ0) is 21.8. The predicted molar refractivity (Wildman–Crippen MR) is 119 cm³/mol. The Morgan fingerprint density at radius 1 is 0.935 bits per heavy atom. The molecule has 2 amide bonds. The quantitative estimate of drug-likeness (QED) is 0.744. The van der Waals surface area contributed by atoms with Crippen molar-refractivity contribution in [3.05, 3.63) is 35.4 Å². The molecule has 8 heteroatoms. The largest absolute Gasteiger partial charge is 0.352 e. The van der Waals surface area contributed by atoms with Crippen molar-refractivity contribution in [3.8, 4) is 0 Å². The smallest absolute Gasteiger partial charge is 0.253 e. The average molecular weight is 448 g/mol. The standard InChI is InChI=1S/C23H33N3O4S/c27-22(19-8-13-25(14-9-19)21-10-15-31(29,30)17-21)24-16-18-4-6-20(7-5-18)23(28)26-11-2-1-3-12-26/h4-7,19,21H,1-3,8-17H2,(H,24,27)/t21-/m0/s1. The molecule has 0 spiro atoms. The molecular formula is C23H33N3O4S. The minimum absolute atomic E-state index is 0.0192. The molecule has 3 heterocycles. The van der Waals surface area contributed by atoms with Gasteiger partial charge in [-0.05, 0) is 69.3 Å². The van der Waals surface area contributed by atoms with Crippen LogP contribution in [0, 0.1) is 5.92 Å². The van der Waals surface area contributed by atoms with E-state index in [1.54, 1.807) is 0 Å². The minimum Gasteiger partial charge on any atom is -0.352 e. The summed E-state index contributed by atoms with van der Waals surface area (Å²) in [5, 5.41) is 3.03. The van der Waals surface area contributed by atoms with Crippen molar-refractivity contribution < 1.29 is 18.0 Å². The molecule has 1 N–H and O–H groups in total. The van der Waals surface area contributed by atoms with E-state index in [9.17, 15) is 18.0 Å². The number of piperidine rings is 2. The zero-order valence-corrected chi connectivity index (χ0v) is 18.9. The van der Waals surface area contributed by atoms with Crippen LogP contribution in [-0.2, 0) is 21.2 Å². The van der Waals surface area contributed by atoms with Crippen LogP contribution in [0.4, 0.5) is 0 Å². The third kappa shape index (κ3) is 5.66. The minimum atomic E-state index is -2.87. The Balaban J connectivity index is 1.21. The molecule has 3 fully saturated rings. The third-order valence-corrected chi connectivity index (χ3v) is 8.69. The van der Waals surface area contributed by atoms with Gasteiger partial charge in [-0.2, -0.15) is 0 Å².